The first kappa shape index (κ1) is 22.3. The number of hydrogen-bond acceptors (Lipinski definition) is 5. The summed E-state index contributed by atoms with van der Waals surface area (Å²) in [6.45, 7) is -0.152. The highest BCUT2D eigenvalue weighted by atomic mass is 32.2. The largest absolute Gasteiger partial charge is 0.465 e. The van der Waals surface area contributed by atoms with Crippen molar-refractivity contribution in [3.8, 4) is 0 Å². The van der Waals surface area contributed by atoms with Crippen LogP contribution in [-0.4, -0.2) is 26.5 Å². The number of ether oxygens (including phenoxy) is 1. The molecule has 162 valence electrons. The van der Waals surface area contributed by atoms with Gasteiger partial charge in [-0.25, -0.2) is 22.5 Å². The Balaban J connectivity index is 2.03. The standard InChI is InChI=1S/C21H17F3N2O4S/c1-30-20(27)16-7-10-18(11-8-16)31(28,29)26(14-15-5-3-2-4-6-15)19-12-9-17(13-25-19)21(22,23)24/h2-13H,14H2,1H3. The van der Waals surface area contributed by atoms with Crippen LogP contribution < -0.4 is 4.31 Å². The third-order valence-corrected chi connectivity index (χ3v) is 6.13. The van der Waals surface area contributed by atoms with Gasteiger partial charge in [-0.1, -0.05) is 30.3 Å². The summed E-state index contributed by atoms with van der Waals surface area (Å²) in [5, 5.41) is 0. The number of anilines is 1. The molecule has 6 nitrogen and oxygen atoms in total. The van der Waals surface area contributed by atoms with Crippen LogP contribution in [0.1, 0.15) is 21.5 Å². The number of pyridine rings is 1. The summed E-state index contributed by atoms with van der Waals surface area (Å²) in [6, 6.07) is 15.4. The molecule has 0 spiro atoms. The molecule has 0 radical (unpaired) electrons. The van der Waals surface area contributed by atoms with Crippen molar-refractivity contribution in [1.29, 1.82) is 0 Å². The average Bonchev–Trinajstić information content (AvgIpc) is 2.77. The number of methoxy groups -OCH3 is 1. The fraction of sp³-hybridized carbons (Fsp3) is 0.143. The lowest BCUT2D eigenvalue weighted by Crippen LogP contribution is -2.31. The van der Waals surface area contributed by atoms with E-state index in [1.54, 1.807) is 30.3 Å². The third-order valence-electron chi connectivity index (χ3n) is 4.36. The van der Waals surface area contributed by atoms with Crippen molar-refractivity contribution in [2.75, 3.05) is 11.4 Å². The molecule has 0 N–H and O–H groups in total. The summed E-state index contributed by atoms with van der Waals surface area (Å²) in [4.78, 5) is 15.2. The van der Waals surface area contributed by atoms with E-state index in [0.29, 0.717) is 11.8 Å². The molecule has 0 bridgehead atoms. The molecule has 3 aromatic rings. The van der Waals surface area contributed by atoms with Gasteiger partial charge in [0.25, 0.3) is 10.0 Å². The Hall–Kier alpha value is -3.40. The molecule has 2 aromatic carbocycles. The molecule has 0 saturated heterocycles. The number of benzene rings is 2. The highest BCUT2D eigenvalue weighted by molar-refractivity contribution is 7.92. The Bertz CT molecular complexity index is 1150. The Kier molecular flexibility index (Phi) is 6.30. The summed E-state index contributed by atoms with van der Waals surface area (Å²) < 4.78 is 70.8. The maximum Gasteiger partial charge on any atom is 0.417 e. The van der Waals surface area contributed by atoms with Gasteiger partial charge < -0.3 is 4.74 Å². The number of sulfonamides is 1. The number of aromatic nitrogens is 1. The van der Waals surface area contributed by atoms with Crippen molar-refractivity contribution in [2.24, 2.45) is 0 Å². The molecule has 3 rings (SSSR count). The quantitative estimate of drug-likeness (QED) is 0.524. The van der Waals surface area contributed by atoms with Gasteiger partial charge in [0.15, 0.2) is 0 Å². The monoisotopic (exact) mass is 450 g/mol. The molecule has 0 saturated carbocycles. The second kappa shape index (κ2) is 8.76. The van der Waals surface area contributed by atoms with Gasteiger partial charge >= 0.3 is 12.1 Å². The molecule has 0 aliphatic heterocycles. The second-order valence-electron chi connectivity index (χ2n) is 6.42. The molecule has 0 aliphatic rings. The van der Waals surface area contributed by atoms with Crippen LogP contribution in [0.2, 0.25) is 0 Å². The number of halogens is 3. The number of rotatable bonds is 6. The molecule has 31 heavy (non-hydrogen) atoms. The maximum atomic E-state index is 13.3. The second-order valence-corrected chi connectivity index (χ2v) is 8.28. The maximum absolute atomic E-state index is 13.3. The van der Waals surface area contributed by atoms with Crippen molar-refractivity contribution in [3.05, 3.63) is 89.6 Å². The Morgan fingerprint density at radius 1 is 1.00 bits per heavy atom. The summed E-state index contributed by atoms with van der Waals surface area (Å²) in [5.74, 6) is -0.802. The minimum atomic E-state index is -4.60. The summed E-state index contributed by atoms with van der Waals surface area (Å²) in [7, 11) is -3.01. The van der Waals surface area contributed by atoms with E-state index in [-0.39, 0.29) is 22.8 Å². The van der Waals surface area contributed by atoms with Gasteiger partial charge in [0.1, 0.15) is 5.82 Å². The van der Waals surface area contributed by atoms with E-state index < -0.39 is 27.7 Å². The lowest BCUT2D eigenvalue weighted by molar-refractivity contribution is -0.137. The number of carbonyl (C=O) groups is 1. The first-order valence-electron chi connectivity index (χ1n) is 8.91. The minimum Gasteiger partial charge on any atom is -0.465 e. The van der Waals surface area contributed by atoms with E-state index in [2.05, 4.69) is 9.72 Å². The molecule has 1 aromatic heterocycles. The van der Waals surface area contributed by atoms with Crippen LogP contribution in [0.25, 0.3) is 0 Å². The van der Waals surface area contributed by atoms with Crippen LogP contribution in [0, 0.1) is 0 Å². The van der Waals surface area contributed by atoms with Gasteiger partial charge in [-0.15, -0.1) is 0 Å². The molecule has 0 unspecified atom stereocenters. The highest BCUT2D eigenvalue weighted by Crippen LogP contribution is 2.31. The van der Waals surface area contributed by atoms with Gasteiger partial charge in [0.05, 0.1) is 29.7 Å². The van der Waals surface area contributed by atoms with E-state index in [4.69, 9.17) is 0 Å². The molecule has 0 amide bonds. The third kappa shape index (κ3) is 5.02. The average molecular weight is 450 g/mol. The zero-order valence-electron chi connectivity index (χ0n) is 16.2. The smallest absolute Gasteiger partial charge is 0.417 e. The number of esters is 1. The highest BCUT2D eigenvalue weighted by Gasteiger charge is 2.32. The number of alkyl halides is 3. The predicted molar refractivity (Wildman–Crippen MR) is 107 cm³/mol. The molecule has 0 aliphatic carbocycles. The van der Waals surface area contributed by atoms with Gasteiger partial charge in [-0.2, -0.15) is 13.2 Å². The summed E-state index contributed by atoms with van der Waals surface area (Å²) in [6.07, 6.45) is -4.01. The van der Waals surface area contributed by atoms with Crippen molar-refractivity contribution < 1.29 is 31.1 Å². The van der Waals surface area contributed by atoms with E-state index >= 15 is 0 Å². The fourth-order valence-electron chi connectivity index (χ4n) is 2.75. The molecule has 0 atom stereocenters. The molecule has 1 heterocycles. The summed E-state index contributed by atoms with van der Waals surface area (Å²) >= 11 is 0. The van der Waals surface area contributed by atoms with Crippen LogP contribution in [-0.2, 0) is 27.5 Å². The lowest BCUT2D eigenvalue weighted by atomic mass is 10.2. The van der Waals surface area contributed by atoms with Crippen LogP contribution in [0.4, 0.5) is 19.0 Å². The van der Waals surface area contributed by atoms with Crippen molar-refractivity contribution in [3.63, 3.8) is 0 Å². The molecular formula is C21H17F3N2O4S. The Morgan fingerprint density at radius 2 is 1.65 bits per heavy atom. The lowest BCUT2D eigenvalue weighted by Gasteiger charge is -2.24. The zero-order chi connectivity index (χ0) is 22.6. The molecule has 10 heteroatoms. The normalized spacial score (nSPS) is 11.7. The number of hydrogen-bond donors (Lipinski definition) is 0. The van der Waals surface area contributed by atoms with E-state index in [9.17, 15) is 26.4 Å². The van der Waals surface area contributed by atoms with Crippen molar-refractivity contribution >= 4 is 21.8 Å². The number of nitrogens with zero attached hydrogens (tertiary/aromatic N) is 2. The van der Waals surface area contributed by atoms with Crippen molar-refractivity contribution in [2.45, 2.75) is 17.6 Å². The van der Waals surface area contributed by atoms with Crippen LogP contribution in [0.3, 0.4) is 0 Å². The van der Waals surface area contributed by atoms with Gasteiger partial charge in [-0.3, -0.25) is 0 Å². The summed E-state index contributed by atoms with van der Waals surface area (Å²) in [5.41, 5.74) is -0.224. The number of carbonyl (C=O) groups excluding carboxylic acids is 1. The Labute approximate surface area is 177 Å². The van der Waals surface area contributed by atoms with Crippen LogP contribution >= 0.6 is 0 Å². The van der Waals surface area contributed by atoms with Gasteiger partial charge in [0.2, 0.25) is 0 Å². The first-order valence-corrected chi connectivity index (χ1v) is 10.4. The van der Waals surface area contributed by atoms with Crippen LogP contribution in [0.15, 0.2) is 77.8 Å². The minimum absolute atomic E-state index is 0.152. The van der Waals surface area contributed by atoms with E-state index in [0.717, 1.165) is 16.4 Å². The fourth-order valence-corrected chi connectivity index (χ4v) is 4.16. The molecule has 0 fully saturated rings. The van der Waals surface area contributed by atoms with Crippen molar-refractivity contribution in [1.82, 2.24) is 4.98 Å². The predicted octanol–water partition coefficient (Wildman–Crippen LogP) is 4.28. The Morgan fingerprint density at radius 3 is 2.16 bits per heavy atom. The molecular weight excluding hydrogens is 433 g/mol. The van der Waals surface area contributed by atoms with Gasteiger partial charge in [0, 0.05) is 6.20 Å². The first-order chi connectivity index (χ1) is 14.6. The topological polar surface area (TPSA) is 76.6 Å². The van der Waals surface area contributed by atoms with E-state index in [1.165, 1.54) is 31.4 Å². The van der Waals surface area contributed by atoms with E-state index in [1.807, 2.05) is 0 Å². The van der Waals surface area contributed by atoms with Crippen LogP contribution in [0.5, 0.6) is 0 Å². The zero-order valence-corrected chi connectivity index (χ0v) is 17.0. The SMILES string of the molecule is COC(=O)c1ccc(S(=O)(=O)N(Cc2ccccc2)c2ccc(C(F)(F)F)cn2)cc1. The van der Waals surface area contributed by atoms with Gasteiger partial charge in [-0.05, 0) is 42.0 Å².